The molecule has 0 aliphatic heterocycles. The summed E-state index contributed by atoms with van der Waals surface area (Å²) in [6, 6.07) is 0. The summed E-state index contributed by atoms with van der Waals surface area (Å²) in [4.78, 5) is 48.7. The molecular weight excluding hydrogens is 1000 g/mol. The van der Waals surface area contributed by atoms with Gasteiger partial charge in [-0.25, -0.2) is 4.57 Å². The topological polar surface area (TPSA) is 155 Å². The van der Waals surface area contributed by atoms with Gasteiger partial charge in [-0.2, -0.15) is 0 Å². The van der Waals surface area contributed by atoms with Crippen LogP contribution in [0.3, 0.4) is 0 Å². The van der Waals surface area contributed by atoms with Crippen molar-refractivity contribution in [3.05, 3.63) is 72.9 Å². The second-order valence-electron chi connectivity index (χ2n) is 21.2. The van der Waals surface area contributed by atoms with E-state index in [4.69, 9.17) is 23.3 Å². The third-order valence-corrected chi connectivity index (χ3v) is 14.5. The fourth-order valence-corrected chi connectivity index (χ4v) is 9.47. The molecule has 0 fully saturated rings. The van der Waals surface area contributed by atoms with Crippen LogP contribution in [0, 0.1) is 0 Å². The lowest BCUT2D eigenvalue weighted by Gasteiger charge is -2.21. The van der Waals surface area contributed by atoms with Crippen LogP contribution in [0.1, 0.15) is 290 Å². The van der Waals surface area contributed by atoms with Gasteiger partial charge in [0.15, 0.2) is 6.10 Å². The number of allylic oxidation sites excluding steroid dienone is 12. The molecule has 0 saturated heterocycles. The second-order valence-corrected chi connectivity index (χ2v) is 22.7. The van der Waals surface area contributed by atoms with Crippen LogP contribution in [0.15, 0.2) is 72.9 Å². The van der Waals surface area contributed by atoms with Gasteiger partial charge >= 0.3 is 25.7 Å². The highest BCUT2D eigenvalue weighted by Gasteiger charge is 2.28. The zero-order valence-electron chi connectivity index (χ0n) is 50.1. The van der Waals surface area contributed by atoms with Gasteiger partial charge in [0.1, 0.15) is 12.7 Å². The SMILES string of the molecule is CCCCC/C=C\C/C=C\C/C=C\CCCCCCCCC(=O)OC(COC(=O)CCCCCCC/C=C\C/C=C\CCCCC)COP(=O)(O)OCC(CO)OC(=O)CCCCCCCCC/C=C\CCCCCCCC. The van der Waals surface area contributed by atoms with E-state index in [2.05, 4.69) is 93.7 Å². The molecule has 2 N–H and O–H groups in total. The summed E-state index contributed by atoms with van der Waals surface area (Å²) in [5.74, 6) is -1.49. The Morgan fingerprint density at radius 3 is 1.00 bits per heavy atom. The van der Waals surface area contributed by atoms with Crippen LogP contribution in [0.2, 0.25) is 0 Å². The third kappa shape index (κ3) is 57.6. The number of aliphatic hydroxyl groups is 1. The molecule has 0 heterocycles. The molecule has 0 rings (SSSR count). The van der Waals surface area contributed by atoms with Crippen molar-refractivity contribution < 1.29 is 52.2 Å². The zero-order valence-corrected chi connectivity index (χ0v) is 51.0. The summed E-state index contributed by atoms with van der Waals surface area (Å²) in [5.41, 5.74) is 0. The van der Waals surface area contributed by atoms with Crippen LogP contribution in [0.5, 0.6) is 0 Å². The number of phosphoric acid groups is 1. The molecule has 0 spiro atoms. The van der Waals surface area contributed by atoms with E-state index in [0.717, 1.165) is 122 Å². The molecule has 0 aromatic rings. The maximum absolute atomic E-state index is 12.9. The Kier molecular flexibility index (Phi) is 57.7. The van der Waals surface area contributed by atoms with Crippen LogP contribution >= 0.6 is 7.82 Å². The summed E-state index contributed by atoms with van der Waals surface area (Å²) < 4.78 is 39.6. The number of esters is 3. The first-order valence-electron chi connectivity index (χ1n) is 31.8. The molecule has 0 radical (unpaired) electrons. The largest absolute Gasteiger partial charge is 0.472 e. The minimum absolute atomic E-state index is 0.148. The molecule has 3 atom stereocenters. The fourth-order valence-electron chi connectivity index (χ4n) is 8.68. The molecular formula is C66H117O11P. The predicted octanol–water partition coefficient (Wildman–Crippen LogP) is 19.3. The molecule has 0 aliphatic rings. The third-order valence-electron chi connectivity index (χ3n) is 13.6. The van der Waals surface area contributed by atoms with E-state index >= 15 is 0 Å². The number of hydrogen-bond donors (Lipinski definition) is 2. The summed E-state index contributed by atoms with van der Waals surface area (Å²) in [7, 11) is -4.76. The maximum Gasteiger partial charge on any atom is 0.472 e. The highest BCUT2D eigenvalue weighted by Crippen LogP contribution is 2.43. The predicted molar refractivity (Wildman–Crippen MR) is 325 cm³/mol. The van der Waals surface area contributed by atoms with E-state index in [0.29, 0.717) is 19.3 Å². The molecule has 452 valence electrons. The monoisotopic (exact) mass is 1120 g/mol. The summed E-state index contributed by atoms with van der Waals surface area (Å²) in [6.45, 7) is 4.59. The van der Waals surface area contributed by atoms with E-state index in [1.807, 2.05) is 0 Å². The number of ether oxygens (including phenoxy) is 3. The fraction of sp³-hybridized carbons (Fsp3) is 0.773. The van der Waals surface area contributed by atoms with Crippen molar-refractivity contribution in [2.45, 2.75) is 303 Å². The number of rotatable bonds is 59. The normalized spacial score (nSPS) is 13.8. The first-order valence-corrected chi connectivity index (χ1v) is 33.3. The summed E-state index contributed by atoms with van der Waals surface area (Å²) in [5, 5.41) is 9.85. The molecule has 0 saturated carbocycles. The zero-order chi connectivity index (χ0) is 56.9. The van der Waals surface area contributed by atoms with Gasteiger partial charge in [0.05, 0.1) is 19.8 Å². The minimum Gasteiger partial charge on any atom is -0.462 e. The number of aliphatic hydroxyl groups excluding tert-OH is 1. The van der Waals surface area contributed by atoms with Crippen LogP contribution < -0.4 is 0 Å². The molecule has 0 amide bonds. The molecule has 0 bridgehead atoms. The standard InChI is InChI=1S/C66H117O11P/c1-4-7-10-13-16-19-22-25-28-30-31-33-36-39-42-45-48-51-54-57-66(70)77-63(59-73-64(68)55-52-49-46-43-40-37-34-27-24-21-18-15-12-9-6-3)61-75-78(71,72)74-60-62(58-67)76-65(69)56-53-50-47-44-41-38-35-32-29-26-23-20-17-14-11-8-5-2/h16,18-19,21,25-29,31,33-34,62-63,67H,4-15,17,20,22-24,30,32,35-61H2,1-3H3,(H,71,72)/b19-16-,21-18-,28-25-,29-26-,33-31-,34-27-. The van der Waals surface area contributed by atoms with Gasteiger partial charge in [-0.3, -0.25) is 23.4 Å². The summed E-state index contributed by atoms with van der Waals surface area (Å²) in [6.07, 6.45) is 68.4. The quantitative estimate of drug-likeness (QED) is 0.0197. The summed E-state index contributed by atoms with van der Waals surface area (Å²) >= 11 is 0. The second kappa shape index (κ2) is 60.0. The molecule has 78 heavy (non-hydrogen) atoms. The molecule has 0 aromatic carbocycles. The minimum atomic E-state index is -4.76. The first-order chi connectivity index (χ1) is 38.2. The van der Waals surface area contributed by atoms with Gasteiger partial charge in [-0.1, -0.05) is 229 Å². The van der Waals surface area contributed by atoms with Crippen molar-refractivity contribution in [1.82, 2.24) is 0 Å². The van der Waals surface area contributed by atoms with Crippen molar-refractivity contribution in [1.29, 1.82) is 0 Å². The number of hydrogen-bond acceptors (Lipinski definition) is 10. The van der Waals surface area contributed by atoms with Crippen LogP contribution in [-0.2, 0) is 42.2 Å². The Balaban J connectivity index is 4.73. The van der Waals surface area contributed by atoms with E-state index in [1.165, 1.54) is 109 Å². The lowest BCUT2D eigenvalue weighted by molar-refractivity contribution is -0.161. The van der Waals surface area contributed by atoms with Gasteiger partial charge in [0, 0.05) is 19.3 Å². The molecule has 12 heteroatoms. The first kappa shape index (κ1) is 74.9. The smallest absolute Gasteiger partial charge is 0.462 e. The number of carbonyl (C=O) groups excluding carboxylic acids is 3. The van der Waals surface area contributed by atoms with Crippen molar-refractivity contribution in [3.63, 3.8) is 0 Å². The van der Waals surface area contributed by atoms with Crippen LogP contribution in [0.4, 0.5) is 0 Å². The maximum atomic E-state index is 12.9. The van der Waals surface area contributed by atoms with Crippen molar-refractivity contribution in [2.24, 2.45) is 0 Å². The Morgan fingerprint density at radius 2 is 0.628 bits per heavy atom. The van der Waals surface area contributed by atoms with Gasteiger partial charge < -0.3 is 24.2 Å². The number of unbranched alkanes of at least 4 members (excludes halogenated alkanes) is 30. The highest BCUT2D eigenvalue weighted by molar-refractivity contribution is 7.47. The van der Waals surface area contributed by atoms with E-state index < -0.39 is 57.8 Å². The average molecular weight is 1120 g/mol. The molecule has 0 aliphatic carbocycles. The molecule has 11 nitrogen and oxygen atoms in total. The highest BCUT2D eigenvalue weighted by atomic mass is 31.2. The van der Waals surface area contributed by atoms with Gasteiger partial charge in [-0.15, -0.1) is 0 Å². The number of phosphoric ester groups is 1. The van der Waals surface area contributed by atoms with Gasteiger partial charge in [-0.05, 0) is 116 Å². The number of carbonyl (C=O) groups is 3. The molecule has 0 aromatic heterocycles. The van der Waals surface area contributed by atoms with Gasteiger partial charge in [0.2, 0.25) is 0 Å². The Bertz CT molecular complexity index is 1590. The van der Waals surface area contributed by atoms with Crippen LogP contribution in [0.25, 0.3) is 0 Å². The van der Waals surface area contributed by atoms with Crippen molar-refractivity contribution in [2.75, 3.05) is 26.4 Å². The van der Waals surface area contributed by atoms with Gasteiger partial charge in [0.25, 0.3) is 0 Å². The van der Waals surface area contributed by atoms with Crippen molar-refractivity contribution in [3.8, 4) is 0 Å². The van der Waals surface area contributed by atoms with E-state index in [1.54, 1.807) is 0 Å². The Hall–Kier alpha value is -3.08. The van der Waals surface area contributed by atoms with Crippen LogP contribution in [-0.4, -0.2) is 66.5 Å². The average Bonchev–Trinajstić information content (AvgIpc) is 3.43. The Morgan fingerprint density at radius 1 is 0.359 bits per heavy atom. The van der Waals surface area contributed by atoms with E-state index in [9.17, 15) is 28.9 Å². The molecule has 3 unspecified atom stereocenters. The van der Waals surface area contributed by atoms with E-state index in [-0.39, 0.29) is 25.9 Å². The lowest BCUT2D eigenvalue weighted by atomic mass is 10.1. The Labute approximate surface area is 478 Å². The van der Waals surface area contributed by atoms with Crippen molar-refractivity contribution >= 4 is 25.7 Å². The lowest BCUT2D eigenvalue weighted by Crippen LogP contribution is -2.30.